The quantitative estimate of drug-likeness (QED) is 0.439. The Bertz CT molecular complexity index is 1320. The van der Waals surface area contributed by atoms with E-state index in [0.717, 1.165) is 32.7 Å². The summed E-state index contributed by atoms with van der Waals surface area (Å²) in [7, 11) is 0. The van der Waals surface area contributed by atoms with E-state index in [4.69, 9.17) is 9.15 Å². The SMILES string of the molecule is O=C(COc1ccc2ccccc2c1)Nc1ccc2c(c1)oc1ccccc12. The van der Waals surface area contributed by atoms with Gasteiger partial charge >= 0.3 is 0 Å². The molecule has 5 aromatic rings. The first-order chi connectivity index (χ1) is 13.8. The molecule has 0 saturated heterocycles. The molecule has 0 bridgehead atoms. The van der Waals surface area contributed by atoms with Crippen LogP contribution in [0.2, 0.25) is 0 Å². The van der Waals surface area contributed by atoms with Gasteiger partial charge in [-0.3, -0.25) is 4.79 Å². The zero-order chi connectivity index (χ0) is 18.9. The fraction of sp³-hybridized carbons (Fsp3) is 0.0417. The van der Waals surface area contributed by atoms with Gasteiger partial charge in [0, 0.05) is 22.5 Å². The van der Waals surface area contributed by atoms with Crippen molar-refractivity contribution in [3.8, 4) is 5.75 Å². The van der Waals surface area contributed by atoms with E-state index >= 15 is 0 Å². The first kappa shape index (κ1) is 16.4. The van der Waals surface area contributed by atoms with Gasteiger partial charge in [0.15, 0.2) is 6.61 Å². The van der Waals surface area contributed by atoms with Gasteiger partial charge < -0.3 is 14.5 Å². The number of carbonyl (C=O) groups excluding carboxylic acids is 1. The molecule has 1 N–H and O–H groups in total. The van der Waals surface area contributed by atoms with Crippen LogP contribution in [0.15, 0.2) is 89.3 Å². The van der Waals surface area contributed by atoms with Crippen molar-refractivity contribution < 1.29 is 13.9 Å². The van der Waals surface area contributed by atoms with Gasteiger partial charge in [-0.15, -0.1) is 0 Å². The molecule has 0 aliphatic heterocycles. The van der Waals surface area contributed by atoms with Crippen LogP contribution in [0.25, 0.3) is 32.7 Å². The van der Waals surface area contributed by atoms with Crippen LogP contribution in [0.4, 0.5) is 5.69 Å². The molecule has 0 radical (unpaired) electrons. The van der Waals surface area contributed by atoms with Gasteiger partial charge in [0.25, 0.3) is 5.91 Å². The van der Waals surface area contributed by atoms with Crippen LogP contribution in [-0.2, 0) is 4.79 Å². The Morgan fingerprint density at radius 3 is 2.50 bits per heavy atom. The van der Waals surface area contributed by atoms with E-state index in [-0.39, 0.29) is 12.5 Å². The Kier molecular flexibility index (Phi) is 3.95. The van der Waals surface area contributed by atoms with E-state index < -0.39 is 0 Å². The molecule has 0 aliphatic carbocycles. The highest BCUT2D eigenvalue weighted by Gasteiger charge is 2.09. The van der Waals surface area contributed by atoms with Crippen LogP contribution in [0.3, 0.4) is 0 Å². The maximum Gasteiger partial charge on any atom is 0.262 e. The smallest absolute Gasteiger partial charge is 0.262 e. The molecule has 1 amide bonds. The predicted molar refractivity (Wildman–Crippen MR) is 112 cm³/mol. The van der Waals surface area contributed by atoms with Crippen molar-refractivity contribution in [3.05, 3.63) is 84.9 Å². The number of hydrogen-bond acceptors (Lipinski definition) is 3. The van der Waals surface area contributed by atoms with E-state index in [1.54, 1.807) is 0 Å². The molecule has 0 aliphatic rings. The summed E-state index contributed by atoms with van der Waals surface area (Å²) in [5, 5.41) is 7.17. The van der Waals surface area contributed by atoms with Crippen LogP contribution in [0, 0.1) is 0 Å². The molecule has 4 heteroatoms. The number of carbonyl (C=O) groups is 1. The summed E-state index contributed by atoms with van der Waals surface area (Å²) >= 11 is 0. The van der Waals surface area contributed by atoms with E-state index in [9.17, 15) is 4.79 Å². The van der Waals surface area contributed by atoms with E-state index in [1.165, 1.54) is 0 Å². The van der Waals surface area contributed by atoms with Crippen molar-refractivity contribution >= 4 is 44.3 Å². The fourth-order valence-corrected chi connectivity index (χ4v) is 3.41. The monoisotopic (exact) mass is 367 g/mol. The maximum absolute atomic E-state index is 12.3. The number of nitrogens with one attached hydrogen (secondary N) is 1. The number of fused-ring (bicyclic) bond motifs is 4. The topological polar surface area (TPSA) is 51.5 Å². The van der Waals surface area contributed by atoms with E-state index in [1.807, 2.05) is 84.9 Å². The lowest BCUT2D eigenvalue weighted by Gasteiger charge is -2.08. The average molecular weight is 367 g/mol. The molecule has 4 nitrogen and oxygen atoms in total. The zero-order valence-electron chi connectivity index (χ0n) is 15.0. The summed E-state index contributed by atoms with van der Waals surface area (Å²) in [6, 6.07) is 27.4. The number of anilines is 1. The Hall–Kier alpha value is -3.79. The Balaban J connectivity index is 1.30. The van der Waals surface area contributed by atoms with Crippen molar-refractivity contribution in [3.63, 3.8) is 0 Å². The van der Waals surface area contributed by atoms with E-state index in [2.05, 4.69) is 5.32 Å². The molecule has 0 fully saturated rings. The summed E-state index contributed by atoms with van der Waals surface area (Å²) in [4.78, 5) is 12.3. The predicted octanol–water partition coefficient (Wildman–Crippen LogP) is 5.76. The zero-order valence-corrected chi connectivity index (χ0v) is 15.0. The lowest BCUT2D eigenvalue weighted by Crippen LogP contribution is -2.20. The molecule has 1 aromatic heterocycles. The molecule has 0 unspecified atom stereocenters. The van der Waals surface area contributed by atoms with Gasteiger partial charge in [-0.1, -0.05) is 48.5 Å². The van der Waals surface area contributed by atoms with Crippen LogP contribution in [0.1, 0.15) is 0 Å². The Morgan fingerprint density at radius 2 is 1.57 bits per heavy atom. The molecular weight excluding hydrogens is 350 g/mol. The minimum Gasteiger partial charge on any atom is -0.484 e. The second kappa shape index (κ2) is 6.74. The van der Waals surface area contributed by atoms with Crippen LogP contribution < -0.4 is 10.1 Å². The van der Waals surface area contributed by atoms with Crippen LogP contribution in [-0.4, -0.2) is 12.5 Å². The summed E-state index contributed by atoms with van der Waals surface area (Å²) in [6.45, 7) is -0.0590. The minimum absolute atomic E-state index is 0.0590. The minimum atomic E-state index is -0.219. The lowest BCUT2D eigenvalue weighted by atomic mass is 10.1. The van der Waals surface area contributed by atoms with Crippen molar-refractivity contribution in [2.75, 3.05) is 11.9 Å². The molecule has 0 atom stereocenters. The van der Waals surface area contributed by atoms with E-state index in [0.29, 0.717) is 11.4 Å². The normalized spacial score (nSPS) is 11.1. The van der Waals surface area contributed by atoms with Crippen molar-refractivity contribution in [1.82, 2.24) is 0 Å². The second-order valence-corrected chi connectivity index (χ2v) is 6.65. The maximum atomic E-state index is 12.3. The largest absolute Gasteiger partial charge is 0.484 e. The van der Waals surface area contributed by atoms with Gasteiger partial charge in [0.2, 0.25) is 0 Å². The number of amides is 1. The first-order valence-corrected chi connectivity index (χ1v) is 9.09. The molecule has 4 aromatic carbocycles. The third-order valence-corrected chi connectivity index (χ3v) is 4.75. The number of rotatable bonds is 4. The van der Waals surface area contributed by atoms with Crippen molar-refractivity contribution in [1.29, 1.82) is 0 Å². The third-order valence-electron chi connectivity index (χ3n) is 4.75. The molecule has 0 saturated carbocycles. The van der Waals surface area contributed by atoms with Gasteiger partial charge in [-0.2, -0.15) is 0 Å². The molecule has 1 heterocycles. The van der Waals surface area contributed by atoms with Gasteiger partial charge in [0.05, 0.1) is 0 Å². The fourth-order valence-electron chi connectivity index (χ4n) is 3.41. The summed E-state index contributed by atoms with van der Waals surface area (Å²) < 4.78 is 11.5. The highest BCUT2D eigenvalue weighted by molar-refractivity contribution is 6.06. The number of benzene rings is 4. The molecule has 28 heavy (non-hydrogen) atoms. The van der Waals surface area contributed by atoms with Gasteiger partial charge in [-0.25, -0.2) is 0 Å². The standard InChI is InChI=1S/C24H17NO3/c26-24(15-27-19-11-9-16-5-1-2-6-17(16)13-19)25-18-10-12-21-20-7-3-4-8-22(20)28-23(21)14-18/h1-14H,15H2,(H,25,26). The number of furan rings is 1. The van der Waals surface area contributed by atoms with Gasteiger partial charge in [0.1, 0.15) is 16.9 Å². The summed E-state index contributed by atoms with van der Waals surface area (Å²) in [5.74, 6) is 0.449. The van der Waals surface area contributed by atoms with Crippen molar-refractivity contribution in [2.24, 2.45) is 0 Å². The molecule has 0 spiro atoms. The third kappa shape index (κ3) is 3.05. The Morgan fingerprint density at radius 1 is 0.786 bits per heavy atom. The van der Waals surface area contributed by atoms with Gasteiger partial charge in [-0.05, 0) is 41.1 Å². The van der Waals surface area contributed by atoms with Crippen molar-refractivity contribution in [2.45, 2.75) is 0 Å². The Labute approximate surface area is 161 Å². The molecule has 5 rings (SSSR count). The number of hydrogen-bond donors (Lipinski definition) is 1. The average Bonchev–Trinajstić information content (AvgIpc) is 3.10. The molecular formula is C24H17NO3. The number of para-hydroxylation sites is 1. The lowest BCUT2D eigenvalue weighted by molar-refractivity contribution is -0.118. The highest BCUT2D eigenvalue weighted by atomic mass is 16.5. The second-order valence-electron chi connectivity index (χ2n) is 6.65. The van der Waals surface area contributed by atoms with Crippen LogP contribution in [0.5, 0.6) is 5.75 Å². The first-order valence-electron chi connectivity index (χ1n) is 9.09. The summed E-state index contributed by atoms with van der Waals surface area (Å²) in [5.41, 5.74) is 2.26. The summed E-state index contributed by atoms with van der Waals surface area (Å²) in [6.07, 6.45) is 0. The van der Waals surface area contributed by atoms with Crippen LogP contribution >= 0.6 is 0 Å². The number of ether oxygens (including phenoxy) is 1. The molecule has 136 valence electrons. The highest BCUT2D eigenvalue weighted by Crippen LogP contribution is 2.30.